The number of H-pyrrole nitrogens is 1. The fourth-order valence-electron chi connectivity index (χ4n) is 3.58. The second kappa shape index (κ2) is 8.51. The normalized spacial score (nSPS) is 11.0. The van der Waals surface area contributed by atoms with Gasteiger partial charge in [0, 0.05) is 35.6 Å². The lowest BCUT2D eigenvalue weighted by Crippen LogP contribution is -2.19. The predicted molar refractivity (Wildman–Crippen MR) is 118 cm³/mol. The Kier molecular flexibility index (Phi) is 6.06. The van der Waals surface area contributed by atoms with Crippen molar-refractivity contribution in [3.8, 4) is 22.8 Å². The fraction of sp³-hybridized carbons (Fsp3) is 0.0952. The smallest absolute Gasteiger partial charge is 0.244 e. The van der Waals surface area contributed by atoms with Gasteiger partial charge < -0.3 is 9.88 Å². The SMILES string of the molecule is Cl.Cl.O=C(Cn1ccnc1-c1n[nH]c2c1Cc1ccccc1-2)Nc1ccccc1. The zero-order valence-corrected chi connectivity index (χ0v) is 17.0. The molecule has 6 nitrogen and oxygen atoms in total. The van der Waals surface area contributed by atoms with Crippen LogP contribution in [-0.4, -0.2) is 25.7 Å². The number of benzene rings is 2. The van der Waals surface area contributed by atoms with Crippen molar-refractivity contribution >= 4 is 36.4 Å². The number of hydrogen-bond acceptors (Lipinski definition) is 3. The Morgan fingerprint density at radius 3 is 2.66 bits per heavy atom. The molecule has 0 atom stereocenters. The minimum atomic E-state index is -0.101. The van der Waals surface area contributed by atoms with Gasteiger partial charge in [-0.2, -0.15) is 5.10 Å². The van der Waals surface area contributed by atoms with Crippen LogP contribution >= 0.6 is 24.8 Å². The molecule has 0 saturated carbocycles. The van der Waals surface area contributed by atoms with Crippen molar-refractivity contribution in [2.24, 2.45) is 0 Å². The molecule has 0 unspecified atom stereocenters. The van der Waals surface area contributed by atoms with Crippen molar-refractivity contribution in [3.05, 3.63) is 78.1 Å². The highest BCUT2D eigenvalue weighted by Crippen LogP contribution is 2.39. The highest BCUT2D eigenvalue weighted by molar-refractivity contribution is 5.91. The summed E-state index contributed by atoms with van der Waals surface area (Å²) >= 11 is 0. The van der Waals surface area contributed by atoms with Crippen molar-refractivity contribution < 1.29 is 4.79 Å². The third-order valence-corrected chi connectivity index (χ3v) is 4.82. The van der Waals surface area contributed by atoms with E-state index in [0.29, 0.717) is 5.82 Å². The summed E-state index contributed by atoms with van der Waals surface area (Å²) in [5.41, 5.74) is 6.23. The van der Waals surface area contributed by atoms with Gasteiger partial charge in [0.15, 0.2) is 5.82 Å². The van der Waals surface area contributed by atoms with E-state index in [1.54, 1.807) is 6.20 Å². The average molecular weight is 428 g/mol. The number of amides is 1. The summed E-state index contributed by atoms with van der Waals surface area (Å²) in [5, 5.41) is 10.5. The lowest BCUT2D eigenvalue weighted by atomic mass is 10.1. The number of aromatic nitrogens is 4. The molecule has 0 radical (unpaired) electrons. The molecule has 0 bridgehead atoms. The molecule has 0 aliphatic heterocycles. The van der Waals surface area contributed by atoms with Crippen LogP contribution in [0.15, 0.2) is 67.0 Å². The van der Waals surface area contributed by atoms with Crippen LogP contribution < -0.4 is 5.32 Å². The first-order valence-corrected chi connectivity index (χ1v) is 8.81. The molecule has 2 aromatic heterocycles. The number of nitrogens with zero attached hydrogens (tertiary/aromatic N) is 3. The number of carbonyl (C=O) groups is 1. The maximum atomic E-state index is 12.4. The van der Waals surface area contributed by atoms with Crippen molar-refractivity contribution in [3.63, 3.8) is 0 Å². The monoisotopic (exact) mass is 427 g/mol. The van der Waals surface area contributed by atoms with Crippen molar-refractivity contribution in [1.29, 1.82) is 0 Å². The molecule has 148 valence electrons. The van der Waals surface area contributed by atoms with Crippen LogP contribution in [0, 0.1) is 0 Å². The third kappa shape index (κ3) is 3.77. The molecule has 1 amide bonds. The van der Waals surface area contributed by atoms with Crippen LogP contribution in [0.2, 0.25) is 0 Å². The van der Waals surface area contributed by atoms with Crippen LogP contribution in [-0.2, 0) is 17.8 Å². The van der Waals surface area contributed by atoms with Crippen molar-refractivity contribution in [2.75, 3.05) is 5.32 Å². The Bertz CT molecular complexity index is 1140. The largest absolute Gasteiger partial charge is 0.325 e. The number of halogens is 2. The standard InChI is InChI=1S/C21H17N5O.2ClH/c27-18(23-15-7-2-1-3-8-15)13-26-11-10-22-21(26)20-17-12-14-6-4-5-9-16(14)19(17)24-25-20;;/h1-11H,12-13H2,(H,23,27)(H,24,25);2*1H. The molecule has 1 aliphatic rings. The van der Waals surface area contributed by atoms with Gasteiger partial charge in [0.25, 0.3) is 0 Å². The molecule has 0 saturated heterocycles. The van der Waals surface area contributed by atoms with E-state index in [1.807, 2.05) is 53.2 Å². The fourth-order valence-corrected chi connectivity index (χ4v) is 3.58. The highest BCUT2D eigenvalue weighted by Gasteiger charge is 2.26. The van der Waals surface area contributed by atoms with Crippen molar-refractivity contribution in [2.45, 2.75) is 13.0 Å². The first-order chi connectivity index (χ1) is 13.3. The maximum Gasteiger partial charge on any atom is 0.244 e. The van der Waals surface area contributed by atoms with E-state index in [4.69, 9.17) is 0 Å². The van der Waals surface area contributed by atoms with Gasteiger partial charge >= 0.3 is 0 Å². The number of aromatic amines is 1. The molecule has 5 rings (SSSR count). The number of rotatable bonds is 4. The van der Waals surface area contributed by atoms with Crippen LogP contribution in [0.25, 0.3) is 22.8 Å². The molecular formula is C21H19Cl2N5O. The van der Waals surface area contributed by atoms with E-state index in [1.165, 1.54) is 11.1 Å². The number of nitrogens with one attached hydrogen (secondary N) is 2. The Morgan fingerprint density at radius 2 is 1.83 bits per heavy atom. The summed E-state index contributed by atoms with van der Waals surface area (Å²) in [4.78, 5) is 16.9. The van der Waals surface area contributed by atoms with Gasteiger partial charge in [-0.3, -0.25) is 9.89 Å². The zero-order valence-electron chi connectivity index (χ0n) is 15.3. The summed E-state index contributed by atoms with van der Waals surface area (Å²) in [7, 11) is 0. The zero-order chi connectivity index (χ0) is 18.2. The number of anilines is 1. The van der Waals surface area contributed by atoms with Gasteiger partial charge in [0.1, 0.15) is 12.2 Å². The molecule has 29 heavy (non-hydrogen) atoms. The lowest BCUT2D eigenvalue weighted by molar-refractivity contribution is -0.116. The van der Waals surface area contributed by atoms with Gasteiger partial charge in [-0.15, -0.1) is 24.8 Å². The number of carbonyl (C=O) groups excluding carboxylic acids is 1. The Balaban J connectivity index is 0.00000120. The van der Waals surface area contributed by atoms with Crippen LogP contribution in [0.1, 0.15) is 11.1 Å². The van der Waals surface area contributed by atoms with E-state index in [0.717, 1.165) is 29.1 Å². The molecule has 0 spiro atoms. The molecule has 2 N–H and O–H groups in total. The Hall–Kier alpha value is -3.09. The van der Waals surface area contributed by atoms with E-state index >= 15 is 0 Å². The highest BCUT2D eigenvalue weighted by atomic mass is 35.5. The number of hydrogen-bond donors (Lipinski definition) is 2. The molecular weight excluding hydrogens is 409 g/mol. The Morgan fingerprint density at radius 1 is 1.07 bits per heavy atom. The topological polar surface area (TPSA) is 75.6 Å². The summed E-state index contributed by atoms with van der Waals surface area (Å²) in [5.74, 6) is 0.597. The summed E-state index contributed by atoms with van der Waals surface area (Å²) in [6.07, 6.45) is 4.33. The van der Waals surface area contributed by atoms with Crippen LogP contribution in [0.3, 0.4) is 0 Å². The molecule has 0 fully saturated rings. The molecule has 8 heteroatoms. The van der Waals surface area contributed by atoms with Gasteiger partial charge in [-0.1, -0.05) is 42.5 Å². The van der Waals surface area contributed by atoms with Gasteiger partial charge in [0.05, 0.1) is 5.69 Å². The minimum Gasteiger partial charge on any atom is -0.325 e. The van der Waals surface area contributed by atoms with E-state index in [9.17, 15) is 4.79 Å². The predicted octanol–water partition coefficient (Wildman–Crippen LogP) is 4.33. The second-order valence-electron chi connectivity index (χ2n) is 6.55. The minimum absolute atomic E-state index is 0. The first kappa shape index (κ1) is 20.6. The summed E-state index contributed by atoms with van der Waals surface area (Å²) < 4.78 is 1.83. The number of imidazole rings is 1. The molecule has 2 heterocycles. The van der Waals surface area contributed by atoms with E-state index in [2.05, 4.69) is 32.6 Å². The second-order valence-corrected chi connectivity index (χ2v) is 6.55. The van der Waals surface area contributed by atoms with Crippen LogP contribution in [0.5, 0.6) is 0 Å². The van der Waals surface area contributed by atoms with Gasteiger partial charge in [0.2, 0.25) is 5.91 Å². The van der Waals surface area contributed by atoms with Crippen LogP contribution in [0.4, 0.5) is 5.69 Å². The summed E-state index contributed by atoms with van der Waals surface area (Å²) in [6.45, 7) is 0.179. The molecule has 1 aliphatic carbocycles. The van der Waals surface area contributed by atoms with Crippen molar-refractivity contribution in [1.82, 2.24) is 19.7 Å². The number of fused-ring (bicyclic) bond motifs is 3. The van der Waals surface area contributed by atoms with E-state index < -0.39 is 0 Å². The van der Waals surface area contributed by atoms with E-state index in [-0.39, 0.29) is 37.3 Å². The maximum absolute atomic E-state index is 12.4. The first-order valence-electron chi connectivity index (χ1n) is 8.81. The lowest BCUT2D eigenvalue weighted by Gasteiger charge is -2.08. The van der Waals surface area contributed by atoms with Gasteiger partial charge in [-0.25, -0.2) is 4.98 Å². The summed E-state index contributed by atoms with van der Waals surface area (Å²) in [6, 6.07) is 17.7. The molecule has 4 aromatic rings. The Labute approximate surface area is 180 Å². The third-order valence-electron chi connectivity index (χ3n) is 4.82. The quantitative estimate of drug-likeness (QED) is 0.448. The number of para-hydroxylation sites is 1. The molecule has 2 aromatic carbocycles. The van der Waals surface area contributed by atoms with Gasteiger partial charge in [-0.05, 0) is 17.7 Å². The average Bonchev–Trinajstić information content (AvgIpc) is 3.37.